The van der Waals surface area contributed by atoms with Crippen molar-refractivity contribution in [1.82, 2.24) is 5.43 Å². The summed E-state index contributed by atoms with van der Waals surface area (Å²) in [5.41, 5.74) is 3.72. The van der Waals surface area contributed by atoms with Gasteiger partial charge in [0.05, 0.1) is 27.0 Å². The Balaban J connectivity index is 2.19. The molecule has 0 saturated carbocycles. The lowest BCUT2D eigenvalue weighted by Crippen LogP contribution is -2.19. The van der Waals surface area contributed by atoms with E-state index in [0.29, 0.717) is 28.3 Å². The monoisotopic (exact) mass is 394 g/mol. The number of amides is 1. The molecule has 0 radical (unpaired) electrons. The molecule has 150 valence electrons. The Morgan fingerprint density at radius 2 is 1.57 bits per heavy atom. The summed E-state index contributed by atoms with van der Waals surface area (Å²) < 4.78 is 44.5. The molecule has 0 aliphatic heterocycles. The van der Waals surface area contributed by atoms with E-state index in [2.05, 4.69) is 15.3 Å². The van der Waals surface area contributed by atoms with Crippen LogP contribution in [-0.2, 0) is 0 Å². The molecule has 2 rings (SSSR count). The molecule has 0 bridgehead atoms. The fraction of sp³-hybridized carbons (Fsp3) is 0.263. The van der Waals surface area contributed by atoms with Gasteiger partial charge >= 0.3 is 6.61 Å². The maximum atomic E-state index is 12.4. The molecule has 0 heterocycles. The Hall–Kier alpha value is -3.36. The Kier molecular flexibility index (Phi) is 7.14. The molecule has 7 nitrogen and oxygen atoms in total. The first-order valence-corrected chi connectivity index (χ1v) is 8.08. The zero-order valence-corrected chi connectivity index (χ0v) is 15.8. The van der Waals surface area contributed by atoms with Gasteiger partial charge in [-0.25, -0.2) is 5.43 Å². The van der Waals surface area contributed by atoms with E-state index in [1.807, 2.05) is 0 Å². The summed E-state index contributed by atoms with van der Waals surface area (Å²) in [5, 5.41) is 4.04. The zero-order valence-electron chi connectivity index (χ0n) is 15.8. The SMILES string of the molecule is COc1cc(OC)cc(C(=O)N/N=C(/C)c2ccc(OC(F)F)c(OC)c2)c1. The van der Waals surface area contributed by atoms with Gasteiger partial charge in [0.25, 0.3) is 5.91 Å². The molecular formula is C19H20F2N2O5. The molecule has 0 spiro atoms. The van der Waals surface area contributed by atoms with Crippen LogP contribution >= 0.6 is 0 Å². The average molecular weight is 394 g/mol. The van der Waals surface area contributed by atoms with E-state index in [-0.39, 0.29) is 11.5 Å². The second-order valence-electron chi connectivity index (χ2n) is 5.48. The van der Waals surface area contributed by atoms with E-state index in [0.717, 1.165) is 0 Å². The van der Waals surface area contributed by atoms with Gasteiger partial charge in [-0.2, -0.15) is 13.9 Å². The number of methoxy groups -OCH3 is 3. The Morgan fingerprint density at radius 3 is 2.11 bits per heavy atom. The average Bonchev–Trinajstić information content (AvgIpc) is 2.70. The van der Waals surface area contributed by atoms with E-state index in [1.165, 1.54) is 39.5 Å². The van der Waals surface area contributed by atoms with Gasteiger partial charge in [0.2, 0.25) is 0 Å². The van der Waals surface area contributed by atoms with Gasteiger partial charge in [-0.1, -0.05) is 0 Å². The van der Waals surface area contributed by atoms with Crippen molar-refractivity contribution in [2.24, 2.45) is 5.10 Å². The van der Waals surface area contributed by atoms with Crippen molar-refractivity contribution < 1.29 is 32.5 Å². The standard InChI is InChI=1S/C19H20F2N2O5/c1-11(12-5-6-16(28-19(20)21)17(9-12)27-4)22-23-18(24)13-7-14(25-2)10-15(8-13)26-3/h5-10,19H,1-4H3,(H,23,24)/b22-11-. The summed E-state index contributed by atoms with van der Waals surface area (Å²) in [5.74, 6) is 0.480. The number of rotatable bonds is 8. The number of halogens is 2. The maximum absolute atomic E-state index is 12.4. The molecule has 0 aliphatic carbocycles. The van der Waals surface area contributed by atoms with Gasteiger partial charge < -0.3 is 18.9 Å². The second-order valence-corrected chi connectivity index (χ2v) is 5.48. The summed E-state index contributed by atoms with van der Waals surface area (Å²) in [7, 11) is 4.29. The number of nitrogens with one attached hydrogen (secondary N) is 1. The predicted octanol–water partition coefficient (Wildman–Crippen LogP) is 3.47. The van der Waals surface area contributed by atoms with E-state index >= 15 is 0 Å². The van der Waals surface area contributed by atoms with Crippen LogP contribution in [0.4, 0.5) is 8.78 Å². The molecule has 0 unspecified atom stereocenters. The Labute approximate surface area is 160 Å². The van der Waals surface area contributed by atoms with Crippen LogP contribution in [0.15, 0.2) is 41.5 Å². The van der Waals surface area contributed by atoms with Crippen molar-refractivity contribution in [3.05, 3.63) is 47.5 Å². The lowest BCUT2D eigenvalue weighted by molar-refractivity contribution is -0.0512. The van der Waals surface area contributed by atoms with Crippen LogP contribution in [0.5, 0.6) is 23.0 Å². The summed E-state index contributed by atoms with van der Waals surface area (Å²) in [4.78, 5) is 12.4. The molecule has 0 fully saturated rings. The smallest absolute Gasteiger partial charge is 0.387 e. The minimum atomic E-state index is -2.96. The lowest BCUT2D eigenvalue weighted by Gasteiger charge is -2.11. The molecule has 2 aromatic rings. The van der Waals surface area contributed by atoms with Crippen LogP contribution < -0.4 is 24.4 Å². The van der Waals surface area contributed by atoms with Crippen LogP contribution in [0.1, 0.15) is 22.8 Å². The number of benzene rings is 2. The quantitative estimate of drug-likeness (QED) is 0.548. The number of alkyl halides is 2. The molecule has 0 saturated heterocycles. The van der Waals surface area contributed by atoms with Crippen molar-refractivity contribution >= 4 is 11.6 Å². The highest BCUT2D eigenvalue weighted by atomic mass is 19.3. The molecular weight excluding hydrogens is 374 g/mol. The van der Waals surface area contributed by atoms with Crippen LogP contribution in [0.2, 0.25) is 0 Å². The highest BCUT2D eigenvalue weighted by molar-refractivity contribution is 6.01. The number of hydrazone groups is 1. The number of carbonyl (C=O) groups is 1. The summed E-state index contributed by atoms with van der Waals surface area (Å²) in [6, 6.07) is 9.08. The first-order valence-electron chi connectivity index (χ1n) is 8.08. The van der Waals surface area contributed by atoms with Crippen molar-refractivity contribution in [1.29, 1.82) is 0 Å². The van der Waals surface area contributed by atoms with Gasteiger partial charge in [0.15, 0.2) is 11.5 Å². The molecule has 1 N–H and O–H groups in total. The first kappa shape index (κ1) is 20.9. The van der Waals surface area contributed by atoms with Crippen LogP contribution in [-0.4, -0.2) is 39.6 Å². The third-order valence-electron chi connectivity index (χ3n) is 3.74. The molecule has 28 heavy (non-hydrogen) atoms. The number of nitrogens with zero attached hydrogens (tertiary/aromatic N) is 1. The summed E-state index contributed by atoms with van der Waals surface area (Å²) >= 11 is 0. The van der Waals surface area contributed by atoms with Gasteiger partial charge in [0.1, 0.15) is 11.5 Å². The van der Waals surface area contributed by atoms with Gasteiger partial charge in [-0.05, 0) is 37.3 Å². The molecule has 2 aromatic carbocycles. The van der Waals surface area contributed by atoms with E-state index in [9.17, 15) is 13.6 Å². The van der Waals surface area contributed by atoms with Crippen molar-refractivity contribution in [3.8, 4) is 23.0 Å². The van der Waals surface area contributed by atoms with Crippen LogP contribution in [0.25, 0.3) is 0 Å². The molecule has 0 atom stereocenters. The molecule has 0 aliphatic rings. The minimum Gasteiger partial charge on any atom is -0.497 e. The van der Waals surface area contributed by atoms with Gasteiger partial charge in [0, 0.05) is 17.2 Å². The summed E-state index contributed by atoms with van der Waals surface area (Å²) in [6.45, 7) is -1.32. The number of carbonyl (C=O) groups excluding carboxylic acids is 1. The van der Waals surface area contributed by atoms with Crippen LogP contribution in [0, 0.1) is 0 Å². The van der Waals surface area contributed by atoms with E-state index < -0.39 is 12.5 Å². The van der Waals surface area contributed by atoms with Crippen molar-refractivity contribution in [2.75, 3.05) is 21.3 Å². The maximum Gasteiger partial charge on any atom is 0.387 e. The predicted molar refractivity (Wildman–Crippen MR) is 98.8 cm³/mol. The highest BCUT2D eigenvalue weighted by Gasteiger charge is 2.13. The normalized spacial score (nSPS) is 11.2. The van der Waals surface area contributed by atoms with Crippen molar-refractivity contribution in [2.45, 2.75) is 13.5 Å². The van der Waals surface area contributed by atoms with Crippen molar-refractivity contribution in [3.63, 3.8) is 0 Å². The zero-order chi connectivity index (χ0) is 20.7. The number of hydrogen-bond donors (Lipinski definition) is 1. The fourth-order valence-corrected chi connectivity index (χ4v) is 2.29. The Bertz CT molecular complexity index is 849. The number of ether oxygens (including phenoxy) is 4. The molecule has 1 amide bonds. The highest BCUT2D eigenvalue weighted by Crippen LogP contribution is 2.29. The third-order valence-corrected chi connectivity index (χ3v) is 3.74. The molecule has 9 heteroatoms. The Morgan fingerprint density at radius 1 is 0.929 bits per heavy atom. The fourth-order valence-electron chi connectivity index (χ4n) is 2.29. The second kappa shape index (κ2) is 9.54. The topological polar surface area (TPSA) is 78.4 Å². The summed E-state index contributed by atoms with van der Waals surface area (Å²) in [6.07, 6.45) is 0. The number of hydrogen-bond acceptors (Lipinski definition) is 6. The third kappa shape index (κ3) is 5.32. The van der Waals surface area contributed by atoms with Gasteiger partial charge in [-0.3, -0.25) is 4.79 Å². The largest absolute Gasteiger partial charge is 0.497 e. The van der Waals surface area contributed by atoms with Crippen LogP contribution in [0.3, 0.4) is 0 Å². The van der Waals surface area contributed by atoms with Gasteiger partial charge in [-0.15, -0.1) is 0 Å². The molecule has 0 aromatic heterocycles. The first-order chi connectivity index (χ1) is 13.4. The van der Waals surface area contributed by atoms with E-state index in [4.69, 9.17) is 14.2 Å². The lowest BCUT2D eigenvalue weighted by atomic mass is 10.1. The minimum absolute atomic E-state index is 0.0958. The van der Waals surface area contributed by atoms with E-state index in [1.54, 1.807) is 25.1 Å².